The second-order valence-corrected chi connectivity index (χ2v) is 9.47. The lowest BCUT2D eigenvalue weighted by Gasteiger charge is -2.29. The summed E-state index contributed by atoms with van der Waals surface area (Å²) in [4.78, 5) is 16.5. The van der Waals surface area contributed by atoms with Crippen LogP contribution in [0.1, 0.15) is 24.0 Å². The second kappa shape index (κ2) is 9.88. The normalized spacial score (nSPS) is 15.8. The standard InChI is InChI=1S/C23H25N5O3S/c29-23(25-16-20-6-8-22(9-7-20)28-18-24-17-26-28)21-10-13-27(14-11-21)32(30,31)15-12-19-4-2-1-3-5-19/h1-9,12,15,17-18,21H,10-11,13-14,16H2,(H,25,29)/b15-12+. The van der Waals surface area contributed by atoms with Gasteiger partial charge in [0.2, 0.25) is 15.9 Å². The first-order valence-electron chi connectivity index (χ1n) is 10.5. The molecule has 1 aromatic heterocycles. The van der Waals surface area contributed by atoms with Gasteiger partial charge >= 0.3 is 0 Å². The van der Waals surface area contributed by atoms with Crippen LogP contribution >= 0.6 is 0 Å². The van der Waals surface area contributed by atoms with Gasteiger partial charge in [-0.1, -0.05) is 42.5 Å². The number of benzene rings is 2. The van der Waals surface area contributed by atoms with Crippen LogP contribution in [-0.2, 0) is 21.4 Å². The van der Waals surface area contributed by atoms with Crippen molar-refractivity contribution in [3.8, 4) is 5.69 Å². The van der Waals surface area contributed by atoms with Gasteiger partial charge in [-0.15, -0.1) is 0 Å². The lowest BCUT2D eigenvalue weighted by molar-refractivity contribution is -0.126. The third-order valence-electron chi connectivity index (χ3n) is 5.50. The van der Waals surface area contributed by atoms with Crippen molar-refractivity contribution in [2.24, 2.45) is 5.92 Å². The summed E-state index contributed by atoms with van der Waals surface area (Å²) in [6, 6.07) is 17.0. The van der Waals surface area contributed by atoms with Crippen molar-refractivity contribution in [1.82, 2.24) is 24.4 Å². The third kappa shape index (κ3) is 5.49. The molecule has 0 saturated carbocycles. The summed E-state index contributed by atoms with van der Waals surface area (Å²) >= 11 is 0. The van der Waals surface area contributed by atoms with E-state index >= 15 is 0 Å². The number of piperidine rings is 1. The van der Waals surface area contributed by atoms with Gasteiger partial charge in [0.15, 0.2) is 0 Å². The number of nitrogens with zero attached hydrogens (tertiary/aromatic N) is 4. The Bertz CT molecular complexity index is 1150. The second-order valence-electron chi connectivity index (χ2n) is 7.66. The van der Waals surface area contributed by atoms with Crippen LogP contribution in [0.4, 0.5) is 0 Å². The fraction of sp³-hybridized carbons (Fsp3) is 0.261. The molecule has 4 rings (SSSR count). The van der Waals surface area contributed by atoms with Crippen molar-refractivity contribution in [2.45, 2.75) is 19.4 Å². The fourth-order valence-electron chi connectivity index (χ4n) is 3.63. The predicted octanol–water partition coefficient (Wildman–Crippen LogP) is 2.60. The minimum atomic E-state index is -3.50. The molecule has 0 atom stereocenters. The van der Waals surface area contributed by atoms with E-state index in [1.807, 2.05) is 54.6 Å². The van der Waals surface area contributed by atoms with Crippen LogP contribution in [-0.4, -0.2) is 46.5 Å². The maximum Gasteiger partial charge on any atom is 0.236 e. The van der Waals surface area contributed by atoms with Crippen molar-refractivity contribution in [3.63, 3.8) is 0 Å². The van der Waals surface area contributed by atoms with Crippen LogP contribution in [0.2, 0.25) is 0 Å². The number of hydrogen-bond donors (Lipinski definition) is 1. The summed E-state index contributed by atoms with van der Waals surface area (Å²) in [5.41, 5.74) is 2.71. The van der Waals surface area contributed by atoms with Crippen molar-refractivity contribution in [3.05, 3.63) is 83.8 Å². The topological polar surface area (TPSA) is 97.2 Å². The smallest absolute Gasteiger partial charge is 0.236 e. The van der Waals surface area contributed by atoms with Crippen molar-refractivity contribution < 1.29 is 13.2 Å². The first-order chi connectivity index (χ1) is 15.5. The van der Waals surface area contributed by atoms with Crippen LogP contribution in [0.25, 0.3) is 11.8 Å². The number of amides is 1. The van der Waals surface area contributed by atoms with E-state index in [4.69, 9.17) is 0 Å². The maximum absolute atomic E-state index is 12.6. The van der Waals surface area contributed by atoms with Gasteiger partial charge in [-0.05, 0) is 42.2 Å². The Hall–Kier alpha value is -3.30. The van der Waals surface area contributed by atoms with E-state index in [1.54, 1.807) is 17.1 Å². The average Bonchev–Trinajstić information content (AvgIpc) is 3.37. The zero-order valence-corrected chi connectivity index (χ0v) is 18.4. The molecule has 0 unspecified atom stereocenters. The molecule has 2 heterocycles. The number of rotatable bonds is 7. The minimum Gasteiger partial charge on any atom is -0.352 e. The van der Waals surface area contributed by atoms with Gasteiger partial charge in [0.25, 0.3) is 0 Å². The number of aromatic nitrogens is 3. The molecule has 1 N–H and O–H groups in total. The third-order valence-corrected chi connectivity index (χ3v) is 7.07. The molecular formula is C23H25N5O3S. The summed E-state index contributed by atoms with van der Waals surface area (Å²) in [6.07, 6.45) is 5.72. The molecule has 1 amide bonds. The molecule has 0 spiro atoms. The van der Waals surface area contributed by atoms with Crippen LogP contribution in [0.15, 0.2) is 72.7 Å². The molecule has 2 aromatic carbocycles. The SMILES string of the molecule is O=C(NCc1ccc(-n2cncn2)cc1)C1CCN(S(=O)(=O)/C=C/c2ccccc2)CC1. The zero-order valence-electron chi connectivity index (χ0n) is 17.5. The predicted molar refractivity (Wildman–Crippen MR) is 122 cm³/mol. The monoisotopic (exact) mass is 451 g/mol. The highest BCUT2D eigenvalue weighted by molar-refractivity contribution is 7.92. The Morgan fingerprint density at radius 2 is 1.78 bits per heavy atom. The average molecular weight is 452 g/mol. The number of nitrogens with one attached hydrogen (secondary N) is 1. The van der Waals surface area contributed by atoms with Crippen LogP contribution in [0.3, 0.4) is 0 Å². The highest BCUT2D eigenvalue weighted by Gasteiger charge is 2.29. The Morgan fingerprint density at radius 1 is 1.06 bits per heavy atom. The van der Waals surface area contributed by atoms with E-state index in [0.717, 1.165) is 16.8 Å². The molecule has 1 aliphatic rings. The van der Waals surface area contributed by atoms with Gasteiger partial charge in [-0.2, -0.15) is 9.40 Å². The number of hydrogen-bond acceptors (Lipinski definition) is 5. The summed E-state index contributed by atoms with van der Waals surface area (Å²) < 4.78 is 28.3. The van der Waals surface area contributed by atoms with E-state index in [1.165, 1.54) is 16.0 Å². The van der Waals surface area contributed by atoms with E-state index < -0.39 is 10.0 Å². The molecule has 166 valence electrons. The van der Waals surface area contributed by atoms with Crippen LogP contribution in [0.5, 0.6) is 0 Å². The number of carbonyl (C=O) groups excluding carboxylic acids is 1. The quantitative estimate of drug-likeness (QED) is 0.596. The lowest BCUT2D eigenvalue weighted by Crippen LogP contribution is -2.42. The lowest BCUT2D eigenvalue weighted by atomic mass is 9.97. The fourth-order valence-corrected chi connectivity index (χ4v) is 4.85. The summed E-state index contributed by atoms with van der Waals surface area (Å²) in [5.74, 6) is -0.226. The molecule has 1 saturated heterocycles. The molecule has 1 aliphatic heterocycles. The largest absolute Gasteiger partial charge is 0.352 e. The molecule has 0 radical (unpaired) electrons. The molecule has 9 heteroatoms. The zero-order chi connectivity index (χ0) is 22.4. The van der Waals surface area contributed by atoms with Gasteiger partial charge in [-0.3, -0.25) is 4.79 Å². The van der Waals surface area contributed by atoms with Gasteiger partial charge in [0.05, 0.1) is 5.69 Å². The molecule has 3 aromatic rings. The molecule has 0 bridgehead atoms. The Kier molecular flexibility index (Phi) is 6.77. The van der Waals surface area contributed by atoms with Gasteiger partial charge in [0.1, 0.15) is 12.7 Å². The van der Waals surface area contributed by atoms with Gasteiger partial charge in [0, 0.05) is 31.0 Å². The molecule has 1 fully saturated rings. The highest BCUT2D eigenvalue weighted by Crippen LogP contribution is 2.21. The molecular weight excluding hydrogens is 426 g/mol. The molecule has 32 heavy (non-hydrogen) atoms. The molecule has 0 aliphatic carbocycles. The van der Waals surface area contributed by atoms with Crippen molar-refractivity contribution >= 4 is 22.0 Å². The first kappa shape index (κ1) is 21.9. The maximum atomic E-state index is 12.6. The van der Waals surface area contributed by atoms with Gasteiger partial charge in [-0.25, -0.2) is 18.1 Å². The molecule has 8 nitrogen and oxygen atoms in total. The summed E-state index contributed by atoms with van der Waals surface area (Å²) in [7, 11) is -3.50. The van der Waals surface area contributed by atoms with Crippen LogP contribution < -0.4 is 5.32 Å². The Labute approximate surface area is 187 Å². The number of sulfonamides is 1. The summed E-state index contributed by atoms with van der Waals surface area (Å²) in [6.45, 7) is 1.10. The van der Waals surface area contributed by atoms with E-state index in [9.17, 15) is 13.2 Å². The van der Waals surface area contributed by atoms with E-state index in [-0.39, 0.29) is 11.8 Å². The summed E-state index contributed by atoms with van der Waals surface area (Å²) in [5, 5.41) is 8.30. The van der Waals surface area contributed by atoms with Crippen LogP contribution in [0, 0.1) is 5.92 Å². The van der Waals surface area contributed by atoms with E-state index in [0.29, 0.717) is 32.5 Å². The first-order valence-corrected chi connectivity index (χ1v) is 12.0. The van der Waals surface area contributed by atoms with Gasteiger partial charge < -0.3 is 5.32 Å². The number of carbonyl (C=O) groups is 1. The Balaban J connectivity index is 1.26. The van der Waals surface area contributed by atoms with E-state index in [2.05, 4.69) is 15.4 Å². The van der Waals surface area contributed by atoms with Crippen molar-refractivity contribution in [1.29, 1.82) is 0 Å². The Morgan fingerprint density at radius 3 is 2.44 bits per heavy atom. The minimum absolute atomic E-state index is 0.0396. The highest BCUT2D eigenvalue weighted by atomic mass is 32.2. The van der Waals surface area contributed by atoms with Crippen molar-refractivity contribution in [2.75, 3.05) is 13.1 Å².